The molecule has 1 N–H and O–H groups in total. The maximum absolute atomic E-state index is 11.5. The van der Waals surface area contributed by atoms with Crippen molar-refractivity contribution in [2.24, 2.45) is 0 Å². The van der Waals surface area contributed by atoms with Gasteiger partial charge in [-0.05, 0) is 6.07 Å². The molecule has 1 fully saturated rings. The van der Waals surface area contributed by atoms with Crippen LogP contribution >= 0.6 is 23.4 Å². The highest BCUT2D eigenvalue weighted by atomic mass is 35.5. The number of hydrogen-bond donors (Lipinski definition) is 1. The van der Waals surface area contributed by atoms with E-state index >= 15 is 0 Å². The Morgan fingerprint density at radius 2 is 2.00 bits per heavy atom. The Morgan fingerprint density at radius 3 is 2.55 bits per heavy atom. The second kappa shape index (κ2) is 6.23. The van der Waals surface area contributed by atoms with Gasteiger partial charge in [-0.25, -0.2) is 0 Å². The largest absolute Gasteiger partial charge is 0.495 e. The zero-order chi connectivity index (χ0) is 14.7. The number of halogens is 1. The normalized spacial score (nSPS) is 14.7. The maximum Gasteiger partial charge on any atom is 0.290 e. The number of methoxy groups -OCH3 is 2. The minimum Gasteiger partial charge on any atom is -0.495 e. The maximum atomic E-state index is 11.5. The van der Waals surface area contributed by atoms with Crippen molar-refractivity contribution >= 4 is 40.2 Å². The van der Waals surface area contributed by atoms with E-state index in [-0.39, 0.29) is 23.6 Å². The Bertz CT molecular complexity index is 537. The molecule has 0 atom stereocenters. The molecule has 1 aliphatic heterocycles. The lowest BCUT2D eigenvalue weighted by Gasteiger charge is -2.17. The average molecular weight is 317 g/mol. The number of rotatable bonds is 5. The van der Waals surface area contributed by atoms with Crippen LogP contribution in [0, 0.1) is 0 Å². The summed E-state index contributed by atoms with van der Waals surface area (Å²) in [6, 6.07) is 3.25. The van der Waals surface area contributed by atoms with Crippen molar-refractivity contribution in [3.8, 4) is 11.5 Å². The van der Waals surface area contributed by atoms with Crippen LogP contribution in [-0.2, 0) is 4.79 Å². The summed E-state index contributed by atoms with van der Waals surface area (Å²) in [5.41, 5.74) is 0.579. The lowest BCUT2D eigenvalue weighted by Crippen LogP contribution is -2.33. The van der Waals surface area contributed by atoms with E-state index in [1.54, 1.807) is 12.1 Å². The van der Waals surface area contributed by atoms with Gasteiger partial charge in [-0.2, -0.15) is 0 Å². The first-order chi connectivity index (χ1) is 9.56. The number of imide groups is 1. The summed E-state index contributed by atoms with van der Waals surface area (Å²) in [5.74, 6) is 0.961. The van der Waals surface area contributed by atoms with E-state index < -0.39 is 0 Å². The van der Waals surface area contributed by atoms with Gasteiger partial charge in [-0.1, -0.05) is 23.4 Å². The van der Waals surface area contributed by atoms with Gasteiger partial charge >= 0.3 is 0 Å². The van der Waals surface area contributed by atoms with Gasteiger partial charge in [0.05, 0.1) is 37.4 Å². The molecule has 108 valence electrons. The van der Waals surface area contributed by atoms with Gasteiger partial charge in [-0.3, -0.25) is 14.5 Å². The number of thioether (sulfide) groups is 1. The zero-order valence-corrected chi connectivity index (χ0v) is 12.5. The fourth-order valence-corrected chi connectivity index (χ4v) is 2.66. The quantitative estimate of drug-likeness (QED) is 0.900. The molecule has 8 heteroatoms. The van der Waals surface area contributed by atoms with Crippen LogP contribution in [0.1, 0.15) is 0 Å². The van der Waals surface area contributed by atoms with Crippen molar-refractivity contribution in [2.75, 3.05) is 32.0 Å². The standard InChI is InChI=1S/C12H13ClN2O4S/c1-18-9-4-10(19-2)8(3-7(9)13)14-6-15-11(16)5-20-12(15)17/h3-4,14H,5-6H2,1-2H3. The summed E-state index contributed by atoms with van der Waals surface area (Å²) in [5, 5.41) is 3.11. The molecule has 1 aliphatic rings. The molecule has 6 nitrogen and oxygen atoms in total. The van der Waals surface area contributed by atoms with Crippen molar-refractivity contribution in [1.29, 1.82) is 0 Å². The van der Waals surface area contributed by atoms with Gasteiger partial charge in [0.2, 0.25) is 5.91 Å². The van der Waals surface area contributed by atoms with Crippen LogP contribution < -0.4 is 14.8 Å². The Balaban J connectivity index is 2.14. The van der Waals surface area contributed by atoms with Gasteiger partial charge in [-0.15, -0.1) is 0 Å². The molecule has 0 radical (unpaired) electrons. The summed E-state index contributed by atoms with van der Waals surface area (Å²) >= 11 is 7.03. The Labute approximate surface area is 125 Å². The number of benzene rings is 1. The second-order valence-corrected chi connectivity index (χ2v) is 5.23. The lowest BCUT2D eigenvalue weighted by molar-refractivity contribution is -0.124. The molecule has 20 heavy (non-hydrogen) atoms. The SMILES string of the molecule is COc1cc(OC)c(NCN2C(=O)CSC2=O)cc1Cl. The van der Waals surface area contributed by atoms with E-state index in [4.69, 9.17) is 21.1 Å². The third-order valence-corrected chi connectivity index (χ3v) is 3.90. The Kier molecular flexibility index (Phi) is 4.61. The summed E-state index contributed by atoms with van der Waals surface area (Å²) in [7, 11) is 3.02. The van der Waals surface area contributed by atoms with Crippen LogP contribution in [0.15, 0.2) is 12.1 Å². The summed E-state index contributed by atoms with van der Waals surface area (Å²) in [4.78, 5) is 24.1. The lowest BCUT2D eigenvalue weighted by atomic mass is 10.2. The van der Waals surface area contributed by atoms with Gasteiger partial charge < -0.3 is 14.8 Å². The van der Waals surface area contributed by atoms with Crippen molar-refractivity contribution in [2.45, 2.75) is 0 Å². The minimum absolute atomic E-state index is 0.0731. The number of nitrogens with zero attached hydrogens (tertiary/aromatic N) is 1. The van der Waals surface area contributed by atoms with E-state index in [9.17, 15) is 9.59 Å². The molecule has 0 bridgehead atoms. The van der Waals surface area contributed by atoms with Crippen molar-refractivity contribution < 1.29 is 19.1 Å². The molecule has 0 aliphatic carbocycles. The Morgan fingerprint density at radius 1 is 1.30 bits per heavy atom. The number of hydrogen-bond acceptors (Lipinski definition) is 6. The average Bonchev–Trinajstić information content (AvgIpc) is 2.76. The highest BCUT2D eigenvalue weighted by Crippen LogP contribution is 2.36. The predicted octanol–water partition coefficient (Wildman–Crippen LogP) is 2.42. The number of amides is 2. The van der Waals surface area contributed by atoms with Crippen LogP contribution in [0.3, 0.4) is 0 Å². The van der Waals surface area contributed by atoms with E-state index in [0.29, 0.717) is 22.2 Å². The molecule has 0 saturated carbocycles. The van der Waals surface area contributed by atoms with E-state index in [1.165, 1.54) is 14.2 Å². The van der Waals surface area contributed by atoms with Crippen LogP contribution in [-0.4, -0.2) is 42.7 Å². The molecule has 0 unspecified atom stereocenters. The predicted molar refractivity (Wildman–Crippen MR) is 77.7 cm³/mol. The van der Waals surface area contributed by atoms with E-state index in [1.807, 2.05) is 0 Å². The fraction of sp³-hybridized carbons (Fsp3) is 0.333. The molecule has 1 saturated heterocycles. The Hall–Kier alpha value is -1.60. The number of carbonyl (C=O) groups excluding carboxylic acids is 2. The number of nitrogens with one attached hydrogen (secondary N) is 1. The molecule has 1 aromatic carbocycles. The molecular weight excluding hydrogens is 304 g/mol. The third kappa shape index (κ3) is 2.94. The molecule has 2 rings (SSSR count). The second-order valence-electron chi connectivity index (χ2n) is 3.90. The fourth-order valence-electron chi connectivity index (χ4n) is 1.70. The van der Waals surface area contributed by atoms with Gasteiger partial charge in [0.15, 0.2) is 0 Å². The summed E-state index contributed by atoms with van der Waals surface area (Å²) < 4.78 is 10.3. The van der Waals surface area contributed by atoms with Crippen molar-refractivity contribution in [3.63, 3.8) is 0 Å². The third-order valence-electron chi connectivity index (χ3n) is 2.74. The van der Waals surface area contributed by atoms with Gasteiger partial charge in [0.1, 0.15) is 11.5 Å². The van der Waals surface area contributed by atoms with Crippen molar-refractivity contribution in [1.82, 2.24) is 4.90 Å². The van der Waals surface area contributed by atoms with Crippen molar-refractivity contribution in [3.05, 3.63) is 17.2 Å². The van der Waals surface area contributed by atoms with E-state index in [2.05, 4.69) is 5.32 Å². The minimum atomic E-state index is -0.263. The van der Waals surface area contributed by atoms with Crippen LogP contribution in [0.4, 0.5) is 10.5 Å². The number of ether oxygens (including phenoxy) is 2. The highest BCUT2D eigenvalue weighted by molar-refractivity contribution is 8.14. The molecule has 1 aromatic rings. The number of anilines is 1. The highest BCUT2D eigenvalue weighted by Gasteiger charge is 2.29. The van der Waals surface area contributed by atoms with Crippen LogP contribution in [0.25, 0.3) is 0 Å². The zero-order valence-electron chi connectivity index (χ0n) is 10.9. The first kappa shape index (κ1) is 14.8. The first-order valence-corrected chi connectivity index (χ1v) is 7.05. The van der Waals surface area contributed by atoms with Crippen LogP contribution in [0.5, 0.6) is 11.5 Å². The van der Waals surface area contributed by atoms with Gasteiger partial charge in [0, 0.05) is 6.07 Å². The smallest absolute Gasteiger partial charge is 0.290 e. The summed E-state index contributed by atoms with van der Waals surface area (Å²) in [6.07, 6.45) is 0. The monoisotopic (exact) mass is 316 g/mol. The molecule has 0 spiro atoms. The van der Waals surface area contributed by atoms with Crippen LogP contribution in [0.2, 0.25) is 5.02 Å². The van der Waals surface area contributed by atoms with E-state index in [0.717, 1.165) is 16.7 Å². The number of carbonyl (C=O) groups is 2. The topological polar surface area (TPSA) is 67.9 Å². The molecule has 2 amide bonds. The molecule has 0 aromatic heterocycles. The van der Waals surface area contributed by atoms with Gasteiger partial charge in [0.25, 0.3) is 5.24 Å². The first-order valence-electron chi connectivity index (χ1n) is 5.69. The molecular formula is C12H13ClN2O4S. The summed E-state index contributed by atoms with van der Waals surface area (Å²) in [6.45, 7) is 0.0731. The molecule has 1 heterocycles.